The van der Waals surface area contributed by atoms with E-state index in [1.165, 1.54) is 25.3 Å². The summed E-state index contributed by atoms with van der Waals surface area (Å²) in [5.74, 6) is -0.482. The van der Waals surface area contributed by atoms with Gasteiger partial charge in [0.15, 0.2) is 0 Å². The number of hydrogen-bond donors (Lipinski definition) is 1. The van der Waals surface area contributed by atoms with E-state index in [2.05, 4.69) is 4.72 Å². The molecular formula is C22H26N2O5S. The van der Waals surface area contributed by atoms with Gasteiger partial charge in [-0.25, -0.2) is 18.0 Å². The molecule has 0 unspecified atom stereocenters. The molecule has 30 heavy (non-hydrogen) atoms. The van der Waals surface area contributed by atoms with E-state index in [1.807, 2.05) is 39.0 Å². The van der Waals surface area contributed by atoms with Crippen molar-refractivity contribution < 1.29 is 22.7 Å². The Kier molecular flexibility index (Phi) is 6.28. The minimum atomic E-state index is -3.91. The van der Waals surface area contributed by atoms with E-state index in [1.54, 1.807) is 0 Å². The van der Waals surface area contributed by atoms with E-state index >= 15 is 0 Å². The Bertz CT molecular complexity index is 1080. The lowest BCUT2D eigenvalue weighted by Gasteiger charge is -2.22. The van der Waals surface area contributed by atoms with Crippen LogP contribution in [0.2, 0.25) is 0 Å². The monoisotopic (exact) mass is 430 g/mol. The van der Waals surface area contributed by atoms with Gasteiger partial charge < -0.3 is 4.74 Å². The minimum absolute atomic E-state index is 0.0333. The molecule has 1 N–H and O–H groups in total. The van der Waals surface area contributed by atoms with E-state index in [-0.39, 0.29) is 41.0 Å². The van der Waals surface area contributed by atoms with Crippen LogP contribution in [0, 0.1) is 13.8 Å². The number of anilines is 1. The fourth-order valence-electron chi connectivity index (χ4n) is 3.70. The second-order valence-corrected chi connectivity index (χ2v) is 9.11. The number of carbonyl (C=O) groups is 2. The summed E-state index contributed by atoms with van der Waals surface area (Å²) in [5, 5.41) is 0. The van der Waals surface area contributed by atoms with Crippen LogP contribution in [0.4, 0.5) is 5.69 Å². The van der Waals surface area contributed by atoms with Gasteiger partial charge in [0.25, 0.3) is 0 Å². The van der Waals surface area contributed by atoms with E-state index in [0.29, 0.717) is 6.42 Å². The first-order valence-electron chi connectivity index (χ1n) is 9.81. The molecule has 3 rings (SSSR count). The van der Waals surface area contributed by atoms with Gasteiger partial charge in [0, 0.05) is 18.9 Å². The highest BCUT2D eigenvalue weighted by molar-refractivity contribution is 7.89. The fraction of sp³-hybridized carbons (Fsp3) is 0.364. The standard InChI is InChI=1S/C22H26N2O5S/c1-5-18(17-8-6-14(2)12-15(17)3)23-30(27,28)16-7-9-20(29-4)19(13-16)24-21(25)10-11-22(24)26/h6-9,12-13,18,23H,5,10-11H2,1-4H3/t18-/m0/s1. The third kappa shape index (κ3) is 4.24. The third-order valence-electron chi connectivity index (χ3n) is 5.26. The van der Waals surface area contributed by atoms with Crippen LogP contribution in [-0.2, 0) is 19.6 Å². The predicted octanol–water partition coefficient (Wildman–Crippen LogP) is 3.40. The van der Waals surface area contributed by atoms with Crippen LogP contribution < -0.4 is 14.4 Å². The van der Waals surface area contributed by atoms with Crippen LogP contribution in [0.15, 0.2) is 41.3 Å². The zero-order chi connectivity index (χ0) is 22.1. The first-order chi connectivity index (χ1) is 14.2. The van der Waals surface area contributed by atoms with Gasteiger partial charge >= 0.3 is 0 Å². The van der Waals surface area contributed by atoms with E-state index in [4.69, 9.17) is 4.74 Å². The normalized spacial score (nSPS) is 15.5. The molecule has 1 aliphatic rings. The van der Waals surface area contributed by atoms with Gasteiger partial charge in [-0.2, -0.15) is 0 Å². The molecule has 1 fully saturated rings. The molecule has 1 aliphatic heterocycles. The van der Waals surface area contributed by atoms with Crippen molar-refractivity contribution in [1.29, 1.82) is 0 Å². The highest BCUT2D eigenvalue weighted by Gasteiger charge is 2.33. The molecule has 1 saturated heterocycles. The van der Waals surface area contributed by atoms with Gasteiger partial charge in [-0.05, 0) is 49.6 Å². The Balaban J connectivity index is 1.98. The molecule has 7 nitrogen and oxygen atoms in total. The lowest BCUT2D eigenvalue weighted by Crippen LogP contribution is -2.31. The van der Waals surface area contributed by atoms with Crippen molar-refractivity contribution in [2.24, 2.45) is 0 Å². The molecule has 0 radical (unpaired) electrons. The molecule has 2 amide bonds. The number of amides is 2. The van der Waals surface area contributed by atoms with Crippen LogP contribution in [-0.4, -0.2) is 27.3 Å². The Morgan fingerprint density at radius 1 is 1.07 bits per heavy atom. The number of nitrogens with one attached hydrogen (secondary N) is 1. The molecule has 160 valence electrons. The lowest BCUT2D eigenvalue weighted by molar-refractivity contribution is -0.121. The summed E-state index contributed by atoms with van der Waals surface area (Å²) in [4.78, 5) is 25.3. The molecule has 0 spiro atoms. The van der Waals surface area contributed by atoms with Crippen LogP contribution in [0.3, 0.4) is 0 Å². The number of sulfonamides is 1. The zero-order valence-electron chi connectivity index (χ0n) is 17.6. The topological polar surface area (TPSA) is 92.8 Å². The number of aryl methyl sites for hydroxylation is 2. The molecule has 0 aromatic heterocycles. The smallest absolute Gasteiger partial charge is 0.241 e. The summed E-state index contributed by atoms with van der Waals surface area (Å²) >= 11 is 0. The largest absolute Gasteiger partial charge is 0.495 e. The van der Waals surface area contributed by atoms with Crippen molar-refractivity contribution in [3.63, 3.8) is 0 Å². The highest BCUT2D eigenvalue weighted by atomic mass is 32.2. The summed E-state index contributed by atoms with van der Waals surface area (Å²) in [5.41, 5.74) is 3.17. The summed E-state index contributed by atoms with van der Waals surface area (Å²) < 4.78 is 34.3. The van der Waals surface area contributed by atoms with Crippen molar-refractivity contribution in [1.82, 2.24) is 4.72 Å². The molecule has 1 atom stereocenters. The summed E-state index contributed by atoms with van der Waals surface area (Å²) in [7, 11) is -2.51. The highest BCUT2D eigenvalue weighted by Crippen LogP contribution is 2.35. The van der Waals surface area contributed by atoms with Gasteiger partial charge in [-0.3, -0.25) is 9.59 Å². The van der Waals surface area contributed by atoms with Gasteiger partial charge in [-0.15, -0.1) is 0 Å². The number of methoxy groups -OCH3 is 1. The van der Waals surface area contributed by atoms with Gasteiger partial charge in [0.1, 0.15) is 5.75 Å². The number of rotatable bonds is 7. The molecule has 0 aliphatic carbocycles. The average molecular weight is 431 g/mol. The number of ether oxygens (including phenoxy) is 1. The molecule has 1 heterocycles. The SMILES string of the molecule is CC[C@H](NS(=O)(=O)c1ccc(OC)c(N2C(=O)CCC2=O)c1)c1ccc(C)cc1C. The van der Waals surface area contributed by atoms with E-state index in [9.17, 15) is 18.0 Å². The Labute approximate surface area is 177 Å². The maximum atomic E-state index is 13.1. The number of hydrogen-bond acceptors (Lipinski definition) is 5. The summed E-state index contributed by atoms with van der Waals surface area (Å²) in [6.45, 7) is 5.85. The van der Waals surface area contributed by atoms with Crippen molar-refractivity contribution in [2.75, 3.05) is 12.0 Å². The predicted molar refractivity (Wildman–Crippen MR) is 114 cm³/mol. The number of benzene rings is 2. The maximum absolute atomic E-state index is 13.1. The maximum Gasteiger partial charge on any atom is 0.241 e. The number of carbonyl (C=O) groups excluding carboxylic acids is 2. The fourth-order valence-corrected chi connectivity index (χ4v) is 5.01. The average Bonchev–Trinajstić information content (AvgIpc) is 3.04. The van der Waals surface area contributed by atoms with E-state index < -0.39 is 16.1 Å². The van der Waals surface area contributed by atoms with Crippen LogP contribution >= 0.6 is 0 Å². The quantitative estimate of drug-likeness (QED) is 0.680. The Hall–Kier alpha value is -2.71. The van der Waals surface area contributed by atoms with Crippen molar-refractivity contribution in [2.45, 2.75) is 51.0 Å². The second-order valence-electron chi connectivity index (χ2n) is 7.40. The minimum Gasteiger partial charge on any atom is -0.495 e. The van der Waals surface area contributed by atoms with Crippen LogP contribution in [0.1, 0.15) is 48.9 Å². The Morgan fingerprint density at radius 2 is 1.73 bits per heavy atom. The summed E-state index contributed by atoms with van der Waals surface area (Å²) in [6.07, 6.45) is 0.763. The van der Waals surface area contributed by atoms with Gasteiger partial charge in [0.05, 0.1) is 17.7 Å². The van der Waals surface area contributed by atoms with Gasteiger partial charge in [-0.1, -0.05) is 30.7 Å². The molecule has 0 saturated carbocycles. The lowest BCUT2D eigenvalue weighted by atomic mass is 9.98. The molecule has 8 heteroatoms. The van der Waals surface area contributed by atoms with E-state index in [0.717, 1.165) is 21.6 Å². The second kappa shape index (κ2) is 8.57. The first kappa shape index (κ1) is 22.0. The Morgan fingerprint density at radius 3 is 2.30 bits per heavy atom. The van der Waals surface area contributed by atoms with Crippen molar-refractivity contribution in [3.8, 4) is 5.75 Å². The summed E-state index contributed by atoms with van der Waals surface area (Å²) in [6, 6.07) is 9.68. The molecule has 2 aromatic rings. The molecule has 0 bridgehead atoms. The molecule has 2 aromatic carbocycles. The van der Waals surface area contributed by atoms with Crippen molar-refractivity contribution >= 4 is 27.5 Å². The number of imide groups is 1. The first-order valence-corrected chi connectivity index (χ1v) is 11.3. The van der Waals surface area contributed by atoms with Crippen molar-refractivity contribution in [3.05, 3.63) is 53.1 Å². The van der Waals surface area contributed by atoms with Gasteiger partial charge in [0.2, 0.25) is 21.8 Å². The van der Waals surface area contributed by atoms with Crippen LogP contribution in [0.5, 0.6) is 5.75 Å². The zero-order valence-corrected chi connectivity index (χ0v) is 18.4. The third-order valence-corrected chi connectivity index (χ3v) is 6.73. The number of nitrogens with zero attached hydrogens (tertiary/aromatic N) is 1. The van der Waals surface area contributed by atoms with Crippen LogP contribution in [0.25, 0.3) is 0 Å². The molecular weight excluding hydrogens is 404 g/mol.